The molecule has 2 nitrogen and oxygen atoms in total. The highest BCUT2D eigenvalue weighted by atomic mass is 79.9. The van der Waals surface area contributed by atoms with Gasteiger partial charge in [-0.05, 0) is 37.0 Å². The van der Waals surface area contributed by atoms with Crippen LogP contribution in [0.1, 0.15) is 18.4 Å². The van der Waals surface area contributed by atoms with E-state index in [1.807, 2.05) is 24.3 Å². The molecule has 3 heteroatoms. The van der Waals surface area contributed by atoms with Crippen molar-refractivity contribution in [1.29, 1.82) is 0 Å². The van der Waals surface area contributed by atoms with Crippen LogP contribution in [0.5, 0.6) is 0 Å². The molecule has 0 aliphatic carbocycles. The normalized spacial score (nSPS) is 12.7. The summed E-state index contributed by atoms with van der Waals surface area (Å²) in [6.07, 6.45) is 2.14. The number of methoxy groups -OCH3 is 1. The van der Waals surface area contributed by atoms with Gasteiger partial charge >= 0.3 is 0 Å². The summed E-state index contributed by atoms with van der Waals surface area (Å²) in [6.45, 7) is 0.718. The fourth-order valence-electron chi connectivity index (χ4n) is 1.50. The molecule has 0 bridgehead atoms. The van der Waals surface area contributed by atoms with Gasteiger partial charge in [0.1, 0.15) is 0 Å². The zero-order valence-corrected chi connectivity index (χ0v) is 10.5. The Hall–Kier alpha value is -0.380. The molecule has 1 N–H and O–H groups in total. The third-order valence-electron chi connectivity index (χ3n) is 2.25. The molecule has 0 saturated heterocycles. The lowest BCUT2D eigenvalue weighted by Gasteiger charge is -2.10. The third kappa shape index (κ3) is 5.30. The molecule has 0 fully saturated rings. The van der Waals surface area contributed by atoms with E-state index in [0.717, 1.165) is 29.5 Å². The largest absolute Gasteiger partial charge is 0.393 e. The lowest BCUT2D eigenvalue weighted by atomic mass is 10.0. The van der Waals surface area contributed by atoms with Crippen molar-refractivity contribution < 1.29 is 9.84 Å². The van der Waals surface area contributed by atoms with Crippen molar-refractivity contribution in [2.24, 2.45) is 0 Å². The van der Waals surface area contributed by atoms with Gasteiger partial charge in [0.25, 0.3) is 0 Å². The van der Waals surface area contributed by atoms with Crippen molar-refractivity contribution in [2.45, 2.75) is 25.4 Å². The summed E-state index contributed by atoms with van der Waals surface area (Å²) in [4.78, 5) is 0. The molecule has 84 valence electrons. The standard InChI is InChI=1S/C12H17BrO2/c1-15-7-3-6-12(14)9-10-4-2-5-11(13)8-10/h2,4-5,8,12,14H,3,6-7,9H2,1H3. The van der Waals surface area contributed by atoms with E-state index >= 15 is 0 Å². The smallest absolute Gasteiger partial charge is 0.0581 e. The van der Waals surface area contributed by atoms with Crippen molar-refractivity contribution in [2.75, 3.05) is 13.7 Å². The third-order valence-corrected chi connectivity index (χ3v) is 2.74. The van der Waals surface area contributed by atoms with Crippen molar-refractivity contribution in [3.63, 3.8) is 0 Å². The van der Waals surface area contributed by atoms with Crippen LogP contribution in [-0.2, 0) is 11.2 Å². The second-order valence-electron chi connectivity index (χ2n) is 3.62. The van der Waals surface area contributed by atoms with Crippen molar-refractivity contribution in [3.8, 4) is 0 Å². The van der Waals surface area contributed by atoms with Crippen LogP contribution in [0.3, 0.4) is 0 Å². The minimum atomic E-state index is -0.269. The fourth-order valence-corrected chi connectivity index (χ4v) is 1.95. The van der Waals surface area contributed by atoms with Crippen LogP contribution in [0.2, 0.25) is 0 Å². The van der Waals surface area contributed by atoms with Gasteiger partial charge in [-0.3, -0.25) is 0 Å². The number of aliphatic hydroxyl groups excluding tert-OH is 1. The summed E-state index contributed by atoms with van der Waals surface area (Å²) in [5.41, 5.74) is 1.16. The van der Waals surface area contributed by atoms with Gasteiger partial charge in [0.2, 0.25) is 0 Å². The first-order valence-electron chi connectivity index (χ1n) is 5.14. The molecular weight excluding hydrogens is 256 g/mol. The van der Waals surface area contributed by atoms with Crippen LogP contribution in [0.4, 0.5) is 0 Å². The molecule has 0 aliphatic heterocycles. The maximum absolute atomic E-state index is 9.75. The molecular formula is C12H17BrO2. The van der Waals surface area contributed by atoms with E-state index in [9.17, 15) is 5.11 Å². The molecule has 15 heavy (non-hydrogen) atoms. The van der Waals surface area contributed by atoms with E-state index < -0.39 is 0 Å². The predicted octanol–water partition coefficient (Wildman–Crippen LogP) is 2.78. The Morgan fingerprint density at radius 3 is 2.93 bits per heavy atom. The van der Waals surface area contributed by atoms with Crippen LogP contribution in [-0.4, -0.2) is 24.9 Å². The van der Waals surface area contributed by atoms with Crippen molar-refractivity contribution in [1.82, 2.24) is 0 Å². The number of ether oxygens (including phenoxy) is 1. The topological polar surface area (TPSA) is 29.5 Å². The number of benzene rings is 1. The highest BCUT2D eigenvalue weighted by molar-refractivity contribution is 9.10. The molecule has 0 aromatic heterocycles. The molecule has 0 spiro atoms. The van der Waals surface area contributed by atoms with Crippen LogP contribution in [0.25, 0.3) is 0 Å². The predicted molar refractivity (Wildman–Crippen MR) is 65.0 cm³/mol. The minimum absolute atomic E-state index is 0.269. The number of hydrogen-bond acceptors (Lipinski definition) is 2. The summed E-state index contributed by atoms with van der Waals surface area (Å²) < 4.78 is 6.00. The van der Waals surface area contributed by atoms with Crippen molar-refractivity contribution >= 4 is 15.9 Å². The lowest BCUT2D eigenvalue weighted by Crippen LogP contribution is -2.11. The average molecular weight is 273 g/mol. The van der Waals surface area contributed by atoms with Gasteiger partial charge in [-0.2, -0.15) is 0 Å². The summed E-state index contributed by atoms with van der Waals surface area (Å²) in [5.74, 6) is 0. The summed E-state index contributed by atoms with van der Waals surface area (Å²) in [7, 11) is 1.68. The van der Waals surface area contributed by atoms with Crippen LogP contribution < -0.4 is 0 Å². The molecule has 0 heterocycles. The first kappa shape index (κ1) is 12.7. The highest BCUT2D eigenvalue weighted by Crippen LogP contribution is 2.14. The first-order valence-corrected chi connectivity index (χ1v) is 5.93. The number of aliphatic hydroxyl groups is 1. The Morgan fingerprint density at radius 1 is 1.47 bits per heavy atom. The van der Waals surface area contributed by atoms with Crippen LogP contribution in [0.15, 0.2) is 28.7 Å². The quantitative estimate of drug-likeness (QED) is 0.807. The second-order valence-corrected chi connectivity index (χ2v) is 4.54. The maximum atomic E-state index is 9.75. The van der Waals surface area contributed by atoms with E-state index in [1.165, 1.54) is 0 Å². The Balaban J connectivity index is 2.34. The van der Waals surface area contributed by atoms with Gasteiger partial charge < -0.3 is 9.84 Å². The van der Waals surface area contributed by atoms with E-state index in [-0.39, 0.29) is 6.10 Å². The van der Waals surface area contributed by atoms with Crippen molar-refractivity contribution in [3.05, 3.63) is 34.3 Å². The molecule has 0 amide bonds. The van der Waals surface area contributed by atoms with Gasteiger partial charge in [0, 0.05) is 18.2 Å². The molecule has 0 saturated carbocycles. The molecule has 1 aromatic carbocycles. The molecule has 0 aliphatic rings. The SMILES string of the molecule is COCCCC(O)Cc1cccc(Br)c1. The monoisotopic (exact) mass is 272 g/mol. The summed E-state index contributed by atoms with van der Waals surface area (Å²) >= 11 is 3.41. The number of hydrogen-bond donors (Lipinski definition) is 1. The molecule has 1 aromatic rings. The van der Waals surface area contributed by atoms with Crippen LogP contribution >= 0.6 is 15.9 Å². The van der Waals surface area contributed by atoms with Gasteiger partial charge in [0.15, 0.2) is 0 Å². The number of halogens is 1. The Morgan fingerprint density at radius 2 is 2.27 bits per heavy atom. The fraction of sp³-hybridized carbons (Fsp3) is 0.500. The lowest BCUT2D eigenvalue weighted by molar-refractivity contribution is 0.135. The van der Waals surface area contributed by atoms with Gasteiger partial charge in [-0.25, -0.2) is 0 Å². The van der Waals surface area contributed by atoms with E-state index in [1.54, 1.807) is 7.11 Å². The second kappa shape index (κ2) is 6.99. The Kier molecular flexibility index (Phi) is 5.91. The summed E-state index contributed by atoms with van der Waals surface area (Å²) in [6, 6.07) is 8.05. The zero-order chi connectivity index (χ0) is 11.1. The van der Waals surface area contributed by atoms with Crippen LogP contribution in [0, 0.1) is 0 Å². The van der Waals surface area contributed by atoms with E-state index in [4.69, 9.17) is 4.74 Å². The number of rotatable bonds is 6. The first-order chi connectivity index (χ1) is 7.22. The van der Waals surface area contributed by atoms with Gasteiger partial charge in [-0.15, -0.1) is 0 Å². The zero-order valence-electron chi connectivity index (χ0n) is 8.95. The Bertz CT molecular complexity index is 289. The minimum Gasteiger partial charge on any atom is -0.393 e. The molecule has 0 radical (unpaired) electrons. The highest BCUT2D eigenvalue weighted by Gasteiger charge is 2.05. The molecule has 1 rings (SSSR count). The van der Waals surface area contributed by atoms with Gasteiger partial charge in [0.05, 0.1) is 6.10 Å². The average Bonchev–Trinajstić information content (AvgIpc) is 2.18. The molecule has 1 atom stereocenters. The van der Waals surface area contributed by atoms with E-state index in [2.05, 4.69) is 15.9 Å². The maximum Gasteiger partial charge on any atom is 0.0581 e. The Labute approximate surface area is 99.4 Å². The summed E-state index contributed by atoms with van der Waals surface area (Å²) in [5, 5.41) is 9.75. The molecule has 1 unspecified atom stereocenters. The van der Waals surface area contributed by atoms with E-state index in [0.29, 0.717) is 6.42 Å². The van der Waals surface area contributed by atoms with Gasteiger partial charge in [-0.1, -0.05) is 28.1 Å².